The van der Waals surface area contributed by atoms with E-state index in [0.717, 1.165) is 29.0 Å². The minimum absolute atomic E-state index is 0.0292. The van der Waals surface area contributed by atoms with Crippen molar-refractivity contribution in [3.8, 4) is 5.69 Å². The molecule has 0 radical (unpaired) electrons. The monoisotopic (exact) mass is 443 g/mol. The number of sulfonamides is 2. The smallest absolute Gasteiger partial charge is 0.343 e. The van der Waals surface area contributed by atoms with Crippen LogP contribution < -0.4 is 3.71 Å². The van der Waals surface area contributed by atoms with Crippen molar-refractivity contribution in [2.75, 3.05) is 22.8 Å². The molecule has 1 heterocycles. The zero-order chi connectivity index (χ0) is 22.2. The molecule has 11 heteroatoms. The maximum absolute atomic E-state index is 12.4. The Labute approximate surface area is 171 Å². The van der Waals surface area contributed by atoms with Gasteiger partial charge in [0.25, 0.3) is 0 Å². The van der Waals surface area contributed by atoms with Crippen LogP contribution in [0.2, 0.25) is 0 Å². The molecule has 1 aromatic heterocycles. The Hall–Kier alpha value is -2.40. The lowest BCUT2D eigenvalue weighted by Gasteiger charge is -2.22. The topological polar surface area (TPSA) is 116 Å². The Morgan fingerprint density at radius 2 is 1.59 bits per heavy atom. The van der Waals surface area contributed by atoms with Gasteiger partial charge < -0.3 is 4.74 Å². The highest BCUT2D eigenvalue weighted by Gasteiger charge is 2.36. The molecular formula is C18H25N3O6S2. The summed E-state index contributed by atoms with van der Waals surface area (Å²) in [5.74, 6) is -1.30. The lowest BCUT2D eigenvalue weighted by molar-refractivity contribution is 0.0527. The number of carbonyl (C=O) groups is 1. The first-order chi connectivity index (χ1) is 13.2. The Morgan fingerprint density at radius 3 is 2.00 bits per heavy atom. The zero-order valence-corrected chi connectivity index (χ0v) is 18.8. The Bertz CT molecular complexity index is 1080. The molecule has 0 N–H and O–H groups in total. The molecule has 0 atom stereocenters. The van der Waals surface area contributed by atoms with Gasteiger partial charge in [0, 0.05) is 0 Å². The van der Waals surface area contributed by atoms with Crippen molar-refractivity contribution < 1.29 is 26.4 Å². The standard InChI is InChI=1S/C18H25N3O6S2/c1-7-27-17(22)15-12-19-20(14-10-8-13(9-11-14)18(2,3)4)16(15)21(28(5,23)24)29(6,25)26/h8-12H,7H2,1-6H3. The lowest BCUT2D eigenvalue weighted by Crippen LogP contribution is -2.37. The number of ether oxygens (including phenoxy) is 1. The molecule has 0 aliphatic heterocycles. The molecule has 1 aromatic carbocycles. The molecule has 0 fully saturated rings. The fourth-order valence-electron chi connectivity index (χ4n) is 2.72. The summed E-state index contributed by atoms with van der Waals surface area (Å²) in [4.78, 5) is 12.4. The molecule has 160 valence electrons. The van der Waals surface area contributed by atoms with Crippen molar-refractivity contribution in [3.63, 3.8) is 0 Å². The lowest BCUT2D eigenvalue weighted by atomic mass is 9.87. The molecule has 0 saturated carbocycles. The molecule has 0 aliphatic carbocycles. The first-order valence-corrected chi connectivity index (χ1v) is 12.4. The van der Waals surface area contributed by atoms with Crippen LogP contribution in [-0.2, 0) is 30.2 Å². The molecule has 29 heavy (non-hydrogen) atoms. The summed E-state index contributed by atoms with van der Waals surface area (Å²) in [5.41, 5.74) is 1.01. The molecule has 2 rings (SSSR count). The Morgan fingerprint density at radius 1 is 1.07 bits per heavy atom. The number of hydrogen-bond acceptors (Lipinski definition) is 7. The van der Waals surface area contributed by atoms with Gasteiger partial charge in [-0.3, -0.25) is 0 Å². The van der Waals surface area contributed by atoms with Crippen LogP contribution in [0.3, 0.4) is 0 Å². The highest BCUT2D eigenvalue weighted by Crippen LogP contribution is 2.30. The molecule has 0 bridgehead atoms. The Kier molecular flexibility index (Phi) is 6.15. The van der Waals surface area contributed by atoms with Crippen LogP contribution in [0.5, 0.6) is 0 Å². The van der Waals surface area contributed by atoms with Gasteiger partial charge >= 0.3 is 5.97 Å². The fourth-order valence-corrected chi connectivity index (χ4v) is 5.67. The van der Waals surface area contributed by atoms with Gasteiger partial charge in [-0.1, -0.05) is 32.9 Å². The van der Waals surface area contributed by atoms with E-state index in [9.17, 15) is 21.6 Å². The van der Waals surface area contributed by atoms with Crippen LogP contribution in [-0.4, -0.2) is 51.7 Å². The average molecular weight is 444 g/mol. The summed E-state index contributed by atoms with van der Waals surface area (Å²) >= 11 is 0. The summed E-state index contributed by atoms with van der Waals surface area (Å²) in [5, 5.41) is 4.07. The SMILES string of the molecule is CCOC(=O)c1cnn(-c2ccc(C(C)(C)C)cc2)c1N(S(C)(=O)=O)S(C)(=O)=O. The van der Waals surface area contributed by atoms with Crippen LogP contribution in [0.25, 0.3) is 5.69 Å². The summed E-state index contributed by atoms with van der Waals surface area (Å²) in [6, 6.07) is 7.01. The van der Waals surface area contributed by atoms with Crippen molar-refractivity contribution in [3.05, 3.63) is 41.6 Å². The minimum Gasteiger partial charge on any atom is -0.462 e. The fraction of sp³-hybridized carbons (Fsp3) is 0.444. The van der Waals surface area contributed by atoms with Gasteiger partial charge in [-0.25, -0.2) is 26.3 Å². The van der Waals surface area contributed by atoms with E-state index < -0.39 is 31.8 Å². The minimum atomic E-state index is -4.30. The predicted molar refractivity (Wildman–Crippen MR) is 110 cm³/mol. The average Bonchev–Trinajstić information content (AvgIpc) is 2.95. The number of anilines is 1. The summed E-state index contributed by atoms with van der Waals surface area (Å²) in [6.07, 6.45) is 2.57. The van der Waals surface area contributed by atoms with Gasteiger partial charge in [0.1, 0.15) is 5.56 Å². The third-order valence-corrected chi connectivity index (χ3v) is 7.17. The van der Waals surface area contributed by atoms with Crippen LogP contribution in [0.4, 0.5) is 5.82 Å². The van der Waals surface area contributed by atoms with Gasteiger partial charge in [0.15, 0.2) is 5.82 Å². The largest absolute Gasteiger partial charge is 0.462 e. The van der Waals surface area contributed by atoms with Gasteiger partial charge in [0.05, 0.1) is 31.0 Å². The van der Waals surface area contributed by atoms with E-state index in [2.05, 4.69) is 5.10 Å². The van der Waals surface area contributed by atoms with Crippen molar-refractivity contribution in [2.45, 2.75) is 33.1 Å². The Balaban J connectivity index is 2.79. The molecule has 0 spiro atoms. The number of aromatic nitrogens is 2. The van der Waals surface area contributed by atoms with Crippen molar-refractivity contribution in [1.82, 2.24) is 9.78 Å². The van der Waals surface area contributed by atoms with Gasteiger partial charge in [-0.05, 0) is 30.0 Å². The number of benzene rings is 1. The summed E-state index contributed by atoms with van der Waals surface area (Å²) in [7, 11) is -8.60. The van der Waals surface area contributed by atoms with E-state index in [1.54, 1.807) is 19.1 Å². The highest BCUT2D eigenvalue weighted by molar-refractivity contribution is 8.09. The van der Waals surface area contributed by atoms with E-state index in [4.69, 9.17) is 4.74 Å². The van der Waals surface area contributed by atoms with Crippen LogP contribution >= 0.6 is 0 Å². The van der Waals surface area contributed by atoms with E-state index in [0.29, 0.717) is 5.69 Å². The van der Waals surface area contributed by atoms with Crippen molar-refractivity contribution in [2.24, 2.45) is 0 Å². The number of carbonyl (C=O) groups excluding carboxylic acids is 1. The van der Waals surface area contributed by atoms with E-state index >= 15 is 0 Å². The summed E-state index contributed by atoms with van der Waals surface area (Å²) < 4.78 is 55.6. The predicted octanol–water partition coefficient (Wildman–Crippen LogP) is 2.07. The van der Waals surface area contributed by atoms with Crippen LogP contribution in [0, 0.1) is 0 Å². The van der Waals surface area contributed by atoms with Gasteiger partial charge in [0.2, 0.25) is 20.0 Å². The molecule has 0 unspecified atom stereocenters. The first-order valence-electron chi connectivity index (χ1n) is 8.74. The molecule has 0 aliphatic rings. The molecule has 0 amide bonds. The van der Waals surface area contributed by atoms with E-state index in [1.165, 1.54) is 0 Å². The quantitative estimate of drug-likeness (QED) is 0.628. The van der Waals surface area contributed by atoms with Crippen LogP contribution in [0.1, 0.15) is 43.6 Å². The third kappa shape index (κ3) is 4.96. The number of hydrogen-bond donors (Lipinski definition) is 0. The number of esters is 1. The number of nitrogens with zero attached hydrogens (tertiary/aromatic N) is 3. The normalized spacial score (nSPS) is 12.6. The van der Waals surface area contributed by atoms with E-state index in [1.807, 2.05) is 32.9 Å². The molecule has 9 nitrogen and oxygen atoms in total. The second-order valence-electron chi connectivity index (χ2n) is 7.53. The van der Waals surface area contributed by atoms with Gasteiger partial charge in [-0.15, -0.1) is 3.71 Å². The maximum Gasteiger partial charge on any atom is 0.343 e. The second kappa shape index (κ2) is 7.79. The third-order valence-electron chi connectivity index (χ3n) is 3.99. The van der Waals surface area contributed by atoms with E-state index in [-0.39, 0.29) is 21.3 Å². The maximum atomic E-state index is 12.4. The first kappa shape index (κ1) is 22.9. The molecule has 2 aromatic rings. The highest BCUT2D eigenvalue weighted by atomic mass is 32.3. The molecular weight excluding hydrogens is 418 g/mol. The zero-order valence-electron chi connectivity index (χ0n) is 17.2. The van der Waals surface area contributed by atoms with Gasteiger partial charge in [-0.2, -0.15) is 5.10 Å². The number of rotatable bonds is 6. The van der Waals surface area contributed by atoms with Crippen molar-refractivity contribution >= 4 is 31.8 Å². The van der Waals surface area contributed by atoms with Crippen molar-refractivity contribution in [1.29, 1.82) is 0 Å². The van der Waals surface area contributed by atoms with Crippen LogP contribution in [0.15, 0.2) is 30.5 Å². The summed E-state index contributed by atoms with van der Waals surface area (Å²) in [6.45, 7) is 7.72. The second-order valence-corrected chi connectivity index (χ2v) is 11.4. The molecule has 0 saturated heterocycles.